The number of likely N-dealkylation sites (tertiary alicyclic amines) is 1. The maximum atomic E-state index is 13.1. The lowest BCUT2D eigenvalue weighted by Crippen LogP contribution is -2.57. The van der Waals surface area contributed by atoms with E-state index in [1.54, 1.807) is 6.92 Å². The van der Waals surface area contributed by atoms with Gasteiger partial charge in [-0.25, -0.2) is 9.59 Å². The predicted octanol–water partition coefficient (Wildman–Crippen LogP) is 3.40. The first-order valence-corrected chi connectivity index (χ1v) is 11.6. The number of fused-ring (bicyclic) bond motifs is 3. The van der Waals surface area contributed by atoms with Gasteiger partial charge in [0.1, 0.15) is 12.1 Å². The number of hydrogen-bond donors (Lipinski definition) is 2. The molecular weight excluding hydrogens is 436 g/mol. The van der Waals surface area contributed by atoms with Crippen molar-refractivity contribution in [1.29, 1.82) is 0 Å². The fraction of sp³-hybridized carbons (Fsp3) is 0.423. The highest BCUT2D eigenvalue weighted by Gasteiger charge is 2.49. The highest BCUT2D eigenvalue weighted by Crippen LogP contribution is 2.44. The number of aliphatic carboxylic acids is 1. The van der Waals surface area contributed by atoms with Crippen LogP contribution in [0.4, 0.5) is 4.79 Å². The SMILES string of the molecule is CCC1(C(=O)O)CCCN1C(=O)C(CNC(=O)OCC1c2ccccc2-c2ccccc21)OC. The molecule has 2 aromatic carbocycles. The number of benzene rings is 2. The van der Waals surface area contributed by atoms with Crippen LogP contribution in [-0.2, 0) is 19.1 Å². The second-order valence-corrected chi connectivity index (χ2v) is 8.71. The Hall–Kier alpha value is -3.39. The monoisotopic (exact) mass is 466 g/mol. The van der Waals surface area contributed by atoms with Gasteiger partial charge in [0.2, 0.25) is 0 Å². The molecule has 1 saturated heterocycles. The molecule has 1 aliphatic carbocycles. The second kappa shape index (κ2) is 9.85. The van der Waals surface area contributed by atoms with Crippen molar-refractivity contribution in [1.82, 2.24) is 10.2 Å². The van der Waals surface area contributed by atoms with Crippen LogP contribution in [0.25, 0.3) is 11.1 Å². The summed E-state index contributed by atoms with van der Waals surface area (Å²) in [5.74, 6) is -1.52. The van der Waals surface area contributed by atoms with Crippen molar-refractivity contribution in [3.63, 3.8) is 0 Å². The molecule has 0 spiro atoms. The Morgan fingerprint density at radius 2 is 1.74 bits per heavy atom. The van der Waals surface area contributed by atoms with Crippen molar-refractivity contribution in [2.75, 3.05) is 26.8 Å². The molecule has 2 aliphatic rings. The summed E-state index contributed by atoms with van der Waals surface area (Å²) in [5, 5.41) is 12.3. The number of ether oxygens (including phenoxy) is 2. The van der Waals surface area contributed by atoms with Crippen LogP contribution in [0, 0.1) is 0 Å². The van der Waals surface area contributed by atoms with Crippen LogP contribution in [0.1, 0.15) is 43.2 Å². The smallest absolute Gasteiger partial charge is 0.407 e. The van der Waals surface area contributed by atoms with Gasteiger partial charge in [0.25, 0.3) is 5.91 Å². The van der Waals surface area contributed by atoms with E-state index in [1.807, 2.05) is 36.4 Å². The molecule has 0 radical (unpaired) electrons. The van der Waals surface area contributed by atoms with Gasteiger partial charge >= 0.3 is 12.1 Å². The van der Waals surface area contributed by atoms with Crippen molar-refractivity contribution >= 4 is 18.0 Å². The normalized spacial score (nSPS) is 19.9. The van der Waals surface area contributed by atoms with Gasteiger partial charge in [0.15, 0.2) is 6.10 Å². The van der Waals surface area contributed by atoms with E-state index < -0.39 is 29.6 Å². The molecule has 2 unspecified atom stereocenters. The molecule has 0 aromatic heterocycles. The van der Waals surface area contributed by atoms with Gasteiger partial charge < -0.3 is 24.8 Å². The minimum atomic E-state index is -1.22. The Morgan fingerprint density at radius 1 is 1.12 bits per heavy atom. The number of nitrogens with one attached hydrogen (secondary N) is 1. The molecule has 2 N–H and O–H groups in total. The zero-order valence-electron chi connectivity index (χ0n) is 19.5. The molecule has 8 nitrogen and oxygen atoms in total. The van der Waals surface area contributed by atoms with E-state index in [1.165, 1.54) is 12.0 Å². The van der Waals surface area contributed by atoms with Crippen LogP contribution in [0.3, 0.4) is 0 Å². The Balaban J connectivity index is 1.37. The predicted molar refractivity (Wildman–Crippen MR) is 125 cm³/mol. The zero-order chi connectivity index (χ0) is 24.3. The van der Waals surface area contributed by atoms with Gasteiger partial charge in [-0.3, -0.25) is 4.79 Å². The standard InChI is InChI=1S/C26H30N2O6/c1-3-26(24(30)31)13-8-14-28(26)23(29)22(33-2)15-27-25(32)34-16-21-19-11-6-4-9-17(19)18-10-5-7-12-20(18)21/h4-7,9-12,21-22H,3,8,13-16H2,1-2H3,(H,27,32)(H,30,31). The van der Waals surface area contributed by atoms with Crippen molar-refractivity contribution in [2.45, 2.75) is 43.7 Å². The summed E-state index contributed by atoms with van der Waals surface area (Å²) in [5.41, 5.74) is 3.28. The molecule has 1 fully saturated rings. The van der Waals surface area contributed by atoms with Crippen LogP contribution in [0.5, 0.6) is 0 Å². The molecule has 0 saturated carbocycles. The Labute approximate surface area is 198 Å². The molecule has 180 valence electrons. The lowest BCUT2D eigenvalue weighted by molar-refractivity contribution is -0.161. The van der Waals surface area contributed by atoms with Crippen LogP contribution in [-0.4, -0.2) is 66.4 Å². The molecular formula is C26H30N2O6. The van der Waals surface area contributed by atoms with Gasteiger partial charge in [0, 0.05) is 19.6 Å². The van der Waals surface area contributed by atoms with Crippen molar-refractivity contribution < 1.29 is 29.0 Å². The summed E-state index contributed by atoms with van der Waals surface area (Å²) < 4.78 is 10.8. The number of methoxy groups -OCH3 is 1. The number of carbonyl (C=O) groups excluding carboxylic acids is 2. The molecule has 34 heavy (non-hydrogen) atoms. The highest BCUT2D eigenvalue weighted by molar-refractivity contribution is 5.90. The lowest BCUT2D eigenvalue weighted by atomic mass is 9.92. The minimum absolute atomic E-state index is 0.0664. The van der Waals surface area contributed by atoms with Gasteiger partial charge in [-0.2, -0.15) is 0 Å². The average Bonchev–Trinajstić information content (AvgIpc) is 3.43. The topological polar surface area (TPSA) is 105 Å². The summed E-state index contributed by atoms with van der Waals surface area (Å²) in [7, 11) is 1.37. The van der Waals surface area contributed by atoms with Gasteiger partial charge in [0.05, 0.1) is 6.54 Å². The largest absolute Gasteiger partial charge is 0.479 e. The maximum absolute atomic E-state index is 13.1. The number of hydrogen-bond acceptors (Lipinski definition) is 5. The van der Waals surface area contributed by atoms with Crippen LogP contribution in [0.15, 0.2) is 48.5 Å². The first-order chi connectivity index (χ1) is 16.4. The molecule has 2 amide bonds. The van der Waals surface area contributed by atoms with E-state index in [0.29, 0.717) is 25.8 Å². The Kier molecular flexibility index (Phi) is 6.88. The van der Waals surface area contributed by atoms with Crippen LogP contribution < -0.4 is 5.32 Å². The number of nitrogens with zero attached hydrogens (tertiary/aromatic N) is 1. The number of carboxylic acid groups (broad SMARTS) is 1. The average molecular weight is 467 g/mol. The van der Waals surface area contributed by atoms with E-state index in [2.05, 4.69) is 17.4 Å². The molecule has 2 atom stereocenters. The van der Waals surface area contributed by atoms with Crippen molar-refractivity contribution in [3.05, 3.63) is 59.7 Å². The third kappa shape index (κ3) is 4.14. The first-order valence-electron chi connectivity index (χ1n) is 11.6. The fourth-order valence-electron chi connectivity index (χ4n) is 5.21. The Bertz CT molecular complexity index is 1040. The van der Waals surface area contributed by atoms with Crippen molar-refractivity contribution in [3.8, 4) is 11.1 Å². The number of carbonyl (C=O) groups is 3. The molecule has 1 aliphatic heterocycles. The number of carboxylic acids is 1. The van der Waals surface area contributed by atoms with E-state index in [9.17, 15) is 19.5 Å². The second-order valence-electron chi connectivity index (χ2n) is 8.71. The zero-order valence-corrected chi connectivity index (χ0v) is 19.5. The Morgan fingerprint density at radius 3 is 2.29 bits per heavy atom. The van der Waals surface area contributed by atoms with Gasteiger partial charge in [-0.05, 0) is 41.5 Å². The van der Waals surface area contributed by atoms with Crippen LogP contribution >= 0.6 is 0 Å². The molecule has 4 rings (SSSR count). The summed E-state index contributed by atoms with van der Waals surface area (Å²) in [6.07, 6.45) is -0.324. The van der Waals surface area contributed by atoms with Gasteiger partial charge in [-0.1, -0.05) is 55.5 Å². The van der Waals surface area contributed by atoms with E-state index >= 15 is 0 Å². The van der Waals surface area contributed by atoms with E-state index in [-0.39, 0.29) is 19.1 Å². The fourth-order valence-corrected chi connectivity index (χ4v) is 5.21. The highest BCUT2D eigenvalue weighted by atomic mass is 16.5. The van der Waals surface area contributed by atoms with Gasteiger partial charge in [-0.15, -0.1) is 0 Å². The molecule has 1 heterocycles. The van der Waals surface area contributed by atoms with Crippen molar-refractivity contribution in [2.24, 2.45) is 0 Å². The quantitative estimate of drug-likeness (QED) is 0.618. The van der Waals surface area contributed by atoms with E-state index in [0.717, 1.165) is 22.3 Å². The minimum Gasteiger partial charge on any atom is -0.479 e. The summed E-state index contributed by atoms with van der Waals surface area (Å²) in [6.45, 7) is 2.16. The van der Waals surface area contributed by atoms with E-state index in [4.69, 9.17) is 9.47 Å². The summed E-state index contributed by atoms with van der Waals surface area (Å²) >= 11 is 0. The third-order valence-corrected chi connectivity index (χ3v) is 7.07. The number of rotatable bonds is 8. The lowest BCUT2D eigenvalue weighted by Gasteiger charge is -2.35. The third-order valence-electron chi connectivity index (χ3n) is 7.07. The molecule has 0 bridgehead atoms. The number of amides is 2. The first kappa shape index (κ1) is 23.8. The number of alkyl carbamates (subject to hydrolysis) is 1. The summed E-state index contributed by atoms with van der Waals surface area (Å²) in [4.78, 5) is 38.8. The summed E-state index contributed by atoms with van der Waals surface area (Å²) in [6, 6.07) is 16.1. The maximum Gasteiger partial charge on any atom is 0.407 e. The van der Waals surface area contributed by atoms with Crippen LogP contribution in [0.2, 0.25) is 0 Å². The molecule has 2 aromatic rings. The molecule has 8 heteroatoms.